The summed E-state index contributed by atoms with van der Waals surface area (Å²) >= 11 is 0. The van der Waals surface area contributed by atoms with Crippen molar-refractivity contribution in [2.45, 2.75) is 44.9 Å². The fourth-order valence-corrected chi connectivity index (χ4v) is 3.62. The molecule has 1 aromatic rings. The molecule has 2 aliphatic heterocycles. The molecule has 134 valence electrons. The Morgan fingerprint density at radius 3 is 3.00 bits per heavy atom. The Balaban J connectivity index is 1.49. The minimum Gasteiger partial charge on any atom is -0.465 e. The fourth-order valence-electron chi connectivity index (χ4n) is 3.62. The van der Waals surface area contributed by atoms with Crippen molar-refractivity contribution in [3.8, 4) is 0 Å². The number of likely N-dealkylation sites (N-methyl/N-ethyl adjacent to an activating group) is 1. The molecular weight excluding hydrogens is 313 g/mol. The Labute approximate surface area is 141 Å². The number of carbonyl (C=O) groups excluding carboxylic acids is 1. The Morgan fingerprint density at radius 1 is 1.50 bits per heavy atom. The zero-order chi connectivity index (χ0) is 17.1. The van der Waals surface area contributed by atoms with Gasteiger partial charge in [0.1, 0.15) is 6.17 Å². The normalized spacial score (nSPS) is 28.0. The van der Waals surface area contributed by atoms with Gasteiger partial charge in [-0.05, 0) is 39.8 Å². The summed E-state index contributed by atoms with van der Waals surface area (Å²) in [7, 11) is 2.03. The van der Waals surface area contributed by atoms with Gasteiger partial charge in [0.15, 0.2) is 5.76 Å². The summed E-state index contributed by atoms with van der Waals surface area (Å²) in [5.74, 6) is 0.733. The van der Waals surface area contributed by atoms with Crippen LogP contribution in [0.4, 0.5) is 4.39 Å². The van der Waals surface area contributed by atoms with Crippen LogP contribution in [0, 0.1) is 12.8 Å². The van der Waals surface area contributed by atoms with E-state index in [1.54, 1.807) is 0 Å². The first-order chi connectivity index (χ1) is 11.5. The number of cyclic esters (lactones) is 1. The first-order valence-electron chi connectivity index (χ1n) is 8.66. The molecule has 2 saturated heterocycles. The monoisotopic (exact) mass is 339 g/mol. The summed E-state index contributed by atoms with van der Waals surface area (Å²) in [5, 5.41) is 3.89. The third-order valence-electron chi connectivity index (χ3n) is 4.94. The van der Waals surface area contributed by atoms with Gasteiger partial charge in [-0.25, -0.2) is 4.39 Å². The molecular formula is C17H26FN3O3. The van der Waals surface area contributed by atoms with E-state index in [-0.39, 0.29) is 17.9 Å². The molecule has 0 spiro atoms. The van der Waals surface area contributed by atoms with Crippen molar-refractivity contribution in [1.82, 2.24) is 15.0 Å². The molecule has 3 rings (SSSR count). The smallest absolute Gasteiger partial charge is 0.309 e. The van der Waals surface area contributed by atoms with Crippen LogP contribution in [-0.4, -0.2) is 66.4 Å². The summed E-state index contributed by atoms with van der Waals surface area (Å²) in [4.78, 5) is 15.8. The van der Waals surface area contributed by atoms with Crippen LogP contribution in [0.2, 0.25) is 0 Å². The van der Waals surface area contributed by atoms with Crippen molar-refractivity contribution >= 4 is 5.97 Å². The maximum atomic E-state index is 13.9. The minimum absolute atomic E-state index is 0.0261. The molecule has 2 aliphatic rings. The molecule has 0 N–H and O–H groups in total. The number of likely N-dealkylation sites (tertiary alicyclic amines) is 1. The molecule has 3 atom stereocenters. The lowest BCUT2D eigenvalue weighted by Gasteiger charge is -2.27. The predicted molar refractivity (Wildman–Crippen MR) is 86.1 cm³/mol. The Bertz CT molecular complexity index is 565. The van der Waals surface area contributed by atoms with E-state index < -0.39 is 6.17 Å². The lowest BCUT2D eigenvalue weighted by molar-refractivity contribution is -0.141. The topological polar surface area (TPSA) is 58.8 Å². The summed E-state index contributed by atoms with van der Waals surface area (Å²) in [6, 6.07) is 2.06. The summed E-state index contributed by atoms with van der Waals surface area (Å²) < 4.78 is 24.2. The van der Waals surface area contributed by atoms with Gasteiger partial charge in [-0.3, -0.25) is 9.69 Å². The summed E-state index contributed by atoms with van der Waals surface area (Å²) in [5.41, 5.74) is 0.845. The number of nitrogens with zero attached hydrogens (tertiary/aromatic N) is 3. The van der Waals surface area contributed by atoms with Gasteiger partial charge >= 0.3 is 5.97 Å². The Morgan fingerprint density at radius 2 is 2.33 bits per heavy atom. The number of hydrogen-bond donors (Lipinski definition) is 0. The highest BCUT2D eigenvalue weighted by Crippen LogP contribution is 2.24. The van der Waals surface area contributed by atoms with Crippen LogP contribution < -0.4 is 0 Å². The third-order valence-corrected chi connectivity index (χ3v) is 4.94. The standard InChI is InChI=1S/C17H26FN3O3/c1-12-7-16(24-19-12)11-21-9-14(18)8-15(21)10-20(2)5-3-13-4-6-23-17(13)22/h7,13-15H,3-6,8-11H2,1-2H3/t13-,14-,15-/m0/s1. The Kier molecular flexibility index (Phi) is 5.50. The van der Waals surface area contributed by atoms with Gasteiger partial charge < -0.3 is 14.2 Å². The van der Waals surface area contributed by atoms with E-state index in [0.29, 0.717) is 26.1 Å². The van der Waals surface area contributed by atoms with E-state index in [2.05, 4.69) is 15.0 Å². The highest BCUT2D eigenvalue weighted by Gasteiger charge is 2.34. The second-order valence-corrected chi connectivity index (χ2v) is 7.05. The minimum atomic E-state index is -0.794. The van der Waals surface area contributed by atoms with Crippen molar-refractivity contribution in [1.29, 1.82) is 0 Å². The molecule has 0 unspecified atom stereocenters. The number of esters is 1. The maximum Gasteiger partial charge on any atom is 0.309 e. The van der Waals surface area contributed by atoms with Gasteiger partial charge in [0.2, 0.25) is 0 Å². The number of aromatic nitrogens is 1. The molecule has 6 nitrogen and oxygen atoms in total. The van der Waals surface area contributed by atoms with Crippen LogP contribution in [0.1, 0.15) is 30.7 Å². The first-order valence-corrected chi connectivity index (χ1v) is 8.66. The first kappa shape index (κ1) is 17.4. The van der Waals surface area contributed by atoms with Crippen LogP contribution in [0.15, 0.2) is 10.6 Å². The van der Waals surface area contributed by atoms with Crippen LogP contribution in [0.25, 0.3) is 0 Å². The van der Waals surface area contributed by atoms with Gasteiger partial charge in [-0.15, -0.1) is 0 Å². The van der Waals surface area contributed by atoms with Crippen molar-refractivity contribution in [2.75, 3.05) is 33.3 Å². The van der Waals surface area contributed by atoms with Crippen LogP contribution in [0.3, 0.4) is 0 Å². The summed E-state index contributed by atoms with van der Waals surface area (Å²) in [6.07, 6.45) is 1.38. The predicted octanol–water partition coefficient (Wildman–Crippen LogP) is 1.78. The zero-order valence-corrected chi connectivity index (χ0v) is 14.4. The van der Waals surface area contributed by atoms with Crippen molar-refractivity contribution in [3.63, 3.8) is 0 Å². The largest absolute Gasteiger partial charge is 0.465 e. The van der Waals surface area contributed by atoms with E-state index in [4.69, 9.17) is 9.26 Å². The average Bonchev–Trinajstić information content (AvgIpc) is 3.20. The van der Waals surface area contributed by atoms with Gasteiger partial charge in [0.25, 0.3) is 0 Å². The molecule has 0 aromatic carbocycles. The van der Waals surface area contributed by atoms with E-state index in [1.165, 1.54) is 0 Å². The number of aryl methyl sites for hydroxylation is 1. The molecule has 0 radical (unpaired) electrons. The Hall–Kier alpha value is -1.47. The van der Waals surface area contributed by atoms with E-state index in [9.17, 15) is 9.18 Å². The average molecular weight is 339 g/mol. The highest BCUT2D eigenvalue weighted by molar-refractivity contribution is 5.74. The molecule has 7 heteroatoms. The molecule has 0 bridgehead atoms. The van der Waals surface area contributed by atoms with Gasteiger partial charge in [-0.2, -0.15) is 0 Å². The molecule has 3 heterocycles. The number of halogens is 1. The quantitative estimate of drug-likeness (QED) is 0.706. The lowest BCUT2D eigenvalue weighted by Crippen LogP contribution is -2.39. The van der Waals surface area contributed by atoms with Crippen LogP contribution in [-0.2, 0) is 16.1 Å². The molecule has 0 saturated carbocycles. The number of carbonyl (C=O) groups is 1. The van der Waals surface area contributed by atoms with Crippen molar-refractivity contribution < 1.29 is 18.4 Å². The second-order valence-electron chi connectivity index (χ2n) is 7.05. The molecule has 0 amide bonds. The van der Waals surface area contributed by atoms with E-state index in [1.807, 2.05) is 20.0 Å². The van der Waals surface area contributed by atoms with Gasteiger partial charge in [-0.1, -0.05) is 5.16 Å². The van der Waals surface area contributed by atoms with Gasteiger partial charge in [0, 0.05) is 25.2 Å². The SMILES string of the molecule is Cc1cc(CN2C[C@@H](F)C[C@H]2CN(C)CC[C@H]2CCOC2=O)on1. The second kappa shape index (κ2) is 7.61. The number of ether oxygens (including phenoxy) is 1. The molecule has 0 aliphatic carbocycles. The fraction of sp³-hybridized carbons (Fsp3) is 0.765. The lowest BCUT2D eigenvalue weighted by atomic mass is 10.0. The van der Waals surface area contributed by atoms with Gasteiger partial charge in [0.05, 0.1) is 24.8 Å². The number of alkyl halides is 1. The highest BCUT2D eigenvalue weighted by atomic mass is 19.1. The number of hydrogen-bond acceptors (Lipinski definition) is 6. The third kappa shape index (κ3) is 4.33. The molecule has 24 heavy (non-hydrogen) atoms. The van der Waals surface area contributed by atoms with E-state index in [0.717, 1.165) is 37.4 Å². The van der Waals surface area contributed by atoms with Crippen molar-refractivity contribution in [3.05, 3.63) is 17.5 Å². The zero-order valence-electron chi connectivity index (χ0n) is 14.4. The summed E-state index contributed by atoms with van der Waals surface area (Å²) in [6.45, 7) is 5.07. The number of rotatable bonds is 7. The van der Waals surface area contributed by atoms with Crippen LogP contribution >= 0.6 is 0 Å². The van der Waals surface area contributed by atoms with Crippen LogP contribution in [0.5, 0.6) is 0 Å². The molecule has 1 aromatic heterocycles. The maximum absolute atomic E-state index is 13.9. The van der Waals surface area contributed by atoms with E-state index >= 15 is 0 Å². The van der Waals surface area contributed by atoms with Crippen molar-refractivity contribution in [2.24, 2.45) is 5.92 Å². The molecule has 2 fully saturated rings.